The maximum atomic E-state index is 13.9. The fraction of sp³-hybridized carbons (Fsp3) is 0.200. The molecule has 28 heavy (non-hydrogen) atoms. The third-order valence-corrected chi connectivity index (χ3v) is 5.39. The molecule has 4 aromatic rings. The zero-order chi connectivity index (χ0) is 19.7. The number of aryl methyl sites for hydroxylation is 1. The minimum atomic E-state index is -0.313. The minimum absolute atomic E-state index is 0.124. The van der Waals surface area contributed by atoms with Gasteiger partial charge in [-0.2, -0.15) is 4.52 Å². The highest BCUT2D eigenvalue weighted by Crippen LogP contribution is 2.27. The zero-order valence-corrected chi connectivity index (χ0v) is 16.2. The molecule has 142 valence electrons. The van der Waals surface area contributed by atoms with Gasteiger partial charge in [-0.1, -0.05) is 60.7 Å². The highest BCUT2D eigenvalue weighted by Gasteiger charge is 2.21. The Bertz CT molecular complexity index is 1140. The number of halogens is 1. The topological polar surface area (TPSA) is 72.2 Å². The summed E-state index contributed by atoms with van der Waals surface area (Å²) in [5, 5.41) is 15.9. The second-order valence-electron chi connectivity index (χ2n) is 6.45. The summed E-state index contributed by atoms with van der Waals surface area (Å²) in [5.41, 5.74) is 2.10. The van der Waals surface area contributed by atoms with Gasteiger partial charge in [-0.15, -0.1) is 15.3 Å². The lowest BCUT2D eigenvalue weighted by Gasteiger charge is -2.13. The molecule has 1 N–H and O–H groups in total. The molecule has 1 atom stereocenters. The van der Waals surface area contributed by atoms with Gasteiger partial charge in [0.05, 0.1) is 5.92 Å². The standard InChI is InChI=1S/C20H18FN5OS/c1-3-15(13-7-5-4-6-8-13)18(27)22-19-25-26-17(23-24-20(26)28-19)14-10-9-12(2)16(21)11-14/h4-11,15H,3H2,1-2H3,(H,22,25,27)/t15-/m1/s1. The number of aromatic nitrogens is 4. The Kier molecular flexibility index (Phi) is 4.87. The van der Waals surface area contributed by atoms with E-state index in [0.29, 0.717) is 33.5 Å². The van der Waals surface area contributed by atoms with Crippen LogP contribution in [0.5, 0.6) is 0 Å². The van der Waals surface area contributed by atoms with Crippen molar-refractivity contribution in [2.45, 2.75) is 26.2 Å². The Morgan fingerprint density at radius 1 is 1.21 bits per heavy atom. The summed E-state index contributed by atoms with van der Waals surface area (Å²) in [6, 6.07) is 14.5. The summed E-state index contributed by atoms with van der Waals surface area (Å²) in [6.07, 6.45) is 0.674. The Morgan fingerprint density at radius 3 is 2.71 bits per heavy atom. The summed E-state index contributed by atoms with van der Waals surface area (Å²) < 4.78 is 15.4. The van der Waals surface area contributed by atoms with E-state index in [1.807, 2.05) is 37.3 Å². The van der Waals surface area contributed by atoms with Crippen molar-refractivity contribution in [3.05, 3.63) is 65.5 Å². The maximum Gasteiger partial charge on any atom is 0.236 e. The van der Waals surface area contributed by atoms with E-state index in [-0.39, 0.29) is 17.6 Å². The number of amides is 1. The fourth-order valence-electron chi connectivity index (χ4n) is 3.03. The summed E-state index contributed by atoms with van der Waals surface area (Å²) in [6.45, 7) is 3.67. The predicted octanol–water partition coefficient (Wildman–Crippen LogP) is 4.43. The van der Waals surface area contributed by atoms with Gasteiger partial charge in [0, 0.05) is 5.56 Å². The average molecular weight is 395 g/mol. The van der Waals surface area contributed by atoms with Gasteiger partial charge in [-0.25, -0.2) is 4.39 Å². The van der Waals surface area contributed by atoms with Gasteiger partial charge in [-0.3, -0.25) is 10.1 Å². The van der Waals surface area contributed by atoms with E-state index in [0.717, 1.165) is 5.56 Å². The summed E-state index contributed by atoms with van der Waals surface area (Å²) in [4.78, 5) is 13.3. The smallest absolute Gasteiger partial charge is 0.236 e. The number of hydrogen-bond acceptors (Lipinski definition) is 5. The van der Waals surface area contributed by atoms with E-state index >= 15 is 0 Å². The number of fused-ring (bicyclic) bond motifs is 1. The lowest BCUT2D eigenvalue weighted by atomic mass is 9.96. The number of rotatable bonds is 5. The number of hydrogen-bond donors (Lipinski definition) is 1. The SMILES string of the molecule is CC[C@@H](C(=O)Nc1nn2c(-c3ccc(C)c(F)c3)nnc2s1)c1ccccc1. The number of nitrogens with zero attached hydrogens (tertiary/aromatic N) is 4. The van der Waals surface area contributed by atoms with Crippen LogP contribution >= 0.6 is 11.3 Å². The molecule has 6 nitrogen and oxygen atoms in total. The van der Waals surface area contributed by atoms with Crippen molar-refractivity contribution in [2.75, 3.05) is 5.32 Å². The van der Waals surface area contributed by atoms with Crippen LogP contribution in [0.2, 0.25) is 0 Å². The van der Waals surface area contributed by atoms with Crippen molar-refractivity contribution in [1.82, 2.24) is 19.8 Å². The normalized spacial score (nSPS) is 12.2. The van der Waals surface area contributed by atoms with Crippen LogP contribution < -0.4 is 5.32 Å². The largest absolute Gasteiger partial charge is 0.300 e. The fourth-order valence-corrected chi connectivity index (χ4v) is 3.77. The Balaban J connectivity index is 1.61. The highest BCUT2D eigenvalue weighted by atomic mass is 32.1. The van der Waals surface area contributed by atoms with Crippen molar-refractivity contribution in [3.63, 3.8) is 0 Å². The van der Waals surface area contributed by atoms with Gasteiger partial charge in [-0.05, 0) is 30.5 Å². The first-order valence-electron chi connectivity index (χ1n) is 8.91. The van der Waals surface area contributed by atoms with E-state index in [1.54, 1.807) is 19.1 Å². The van der Waals surface area contributed by atoms with Gasteiger partial charge in [0.15, 0.2) is 5.82 Å². The Morgan fingerprint density at radius 2 is 2.00 bits per heavy atom. The molecule has 0 aliphatic rings. The van der Waals surface area contributed by atoms with Crippen LogP contribution in [0, 0.1) is 12.7 Å². The van der Waals surface area contributed by atoms with Crippen molar-refractivity contribution < 1.29 is 9.18 Å². The molecule has 2 aromatic carbocycles. The summed E-state index contributed by atoms with van der Waals surface area (Å²) in [7, 11) is 0. The number of anilines is 1. The van der Waals surface area contributed by atoms with E-state index < -0.39 is 0 Å². The maximum absolute atomic E-state index is 13.9. The first-order valence-corrected chi connectivity index (χ1v) is 9.73. The van der Waals surface area contributed by atoms with Gasteiger partial charge in [0.2, 0.25) is 16.0 Å². The zero-order valence-electron chi connectivity index (χ0n) is 15.4. The van der Waals surface area contributed by atoms with Crippen LogP contribution in [0.15, 0.2) is 48.5 Å². The van der Waals surface area contributed by atoms with Gasteiger partial charge < -0.3 is 0 Å². The molecule has 0 bridgehead atoms. The number of benzene rings is 2. The van der Waals surface area contributed by atoms with Crippen LogP contribution in [0.25, 0.3) is 16.3 Å². The molecule has 8 heteroatoms. The molecule has 0 saturated carbocycles. The second kappa shape index (κ2) is 7.47. The van der Waals surface area contributed by atoms with Crippen LogP contribution in [-0.4, -0.2) is 25.7 Å². The van der Waals surface area contributed by atoms with Crippen LogP contribution in [-0.2, 0) is 4.79 Å². The first-order chi connectivity index (χ1) is 13.6. The molecule has 2 aromatic heterocycles. The number of carbonyl (C=O) groups is 1. The molecule has 0 fully saturated rings. The van der Waals surface area contributed by atoms with E-state index in [2.05, 4.69) is 20.6 Å². The van der Waals surface area contributed by atoms with Gasteiger partial charge in [0.1, 0.15) is 5.82 Å². The van der Waals surface area contributed by atoms with Crippen LogP contribution in [0.3, 0.4) is 0 Å². The first kappa shape index (κ1) is 18.2. The minimum Gasteiger partial charge on any atom is -0.300 e. The quantitative estimate of drug-likeness (QED) is 0.542. The average Bonchev–Trinajstić information content (AvgIpc) is 3.25. The lowest BCUT2D eigenvalue weighted by molar-refractivity contribution is -0.117. The molecule has 0 aliphatic carbocycles. The molecule has 0 radical (unpaired) electrons. The van der Waals surface area contributed by atoms with E-state index in [9.17, 15) is 9.18 Å². The molecule has 1 amide bonds. The highest BCUT2D eigenvalue weighted by molar-refractivity contribution is 7.20. The van der Waals surface area contributed by atoms with Crippen molar-refractivity contribution in [2.24, 2.45) is 0 Å². The third-order valence-electron chi connectivity index (χ3n) is 4.58. The van der Waals surface area contributed by atoms with E-state index in [1.165, 1.54) is 21.9 Å². The molecular weight excluding hydrogens is 377 g/mol. The van der Waals surface area contributed by atoms with Crippen LogP contribution in [0.4, 0.5) is 9.52 Å². The number of nitrogens with one attached hydrogen (secondary N) is 1. The predicted molar refractivity (Wildman–Crippen MR) is 107 cm³/mol. The van der Waals surface area contributed by atoms with Crippen molar-refractivity contribution >= 4 is 27.3 Å². The van der Waals surface area contributed by atoms with Gasteiger partial charge >= 0.3 is 0 Å². The van der Waals surface area contributed by atoms with Crippen molar-refractivity contribution in [1.29, 1.82) is 0 Å². The van der Waals surface area contributed by atoms with Crippen molar-refractivity contribution in [3.8, 4) is 11.4 Å². The molecular formula is C20H18FN5OS. The Labute approximate surface area is 165 Å². The summed E-state index contributed by atoms with van der Waals surface area (Å²) >= 11 is 1.22. The Hall–Kier alpha value is -3.13. The van der Waals surface area contributed by atoms with Crippen LogP contribution in [0.1, 0.15) is 30.4 Å². The third kappa shape index (κ3) is 3.38. The molecule has 0 saturated heterocycles. The summed E-state index contributed by atoms with van der Waals surface area (Å²) in [5.74, 6) is -0.268. The molecule has 4 rings (SSSR count). The molecule has 0 unspecified atom stereocenters. The van der Waals surface area contributed by atoms with E-state index in [4.69, 9.17) is 0 Å². The van der Waals surface area contributed by atoms with Gasteiger partial charge in [0.25, 0.3) is 0 Å². The molecule has 0 spiro atoms. The second-order valence-corrected chi connectivity index (χ2v) is 7.41. The molecule has 2 heterocycles. The number of carbonyl (C=O) groups excluding carboxylic acids is 1. The monoisotopic (exact) mass is 395 g/mol. The molecule has 0 aliphatic heterocycles. The lowest BCUT2D eigenvalue weighted by Crippen LogP contribution is -2.20.